The molecular weight excluding hydrogens is 323 g/mol. The number of furan rings is 1. The fraction of sp³-hybridized carbons (Fsp3) is 0.0526. The molecule has 5 nitrogen and oxygen atoms in total. The van der Waals surface area contributed by atoms with E-state index in [1.54, 1.807) is 48.5 Å². The molecule has 0 aliphatic heterocycles. The molecule has 1 aromatic heterocycles. The van der Waals surface area contributed by atoms with Gasteiger partial charge in [0.1, 0.15) is 23.1 Å². The number of carbonyl (C=O) groups is 1. The molecule has 0 spiro atoms. The van der Waals surface area contributed by atoms with E-state index in [1.165, 1.54) is 25.5 Å². The van der Waals surface area contributed by atoms with Crippen LogP contribution in [0.1, 0.15) is 16.1 Å². The first-order valence-corrected chi connectivity index (χ1v) is 7.49. The lowest BCUT2D eigenvalue weighted by Gasteiger charge is -2.05. The van der Waals surface area contributed by atoms with Gasteiger partial charge in [0.2, 0.25) is 0 Å². The molecule has 0 aliphatic carbocycles. The van der Waals surface area contributed by atoms with E-state index in [-0.39, 0.29) is 11.7 Å². The van der Waals surface area contributed by atoms with Crippen LogP contribution in [0.15, 0.2) is 70.2 Å². The summed E-state index contributed by atoms with van der Waals surface area (Å²) in [5, 5.41) is 3.88. The zero-order chi connectivity index (χ0) is 17.6. The van der Waals surface area contributed by atoms with E-state index in [2.05, 4.69) is 10.5 Å². The summed E-state index contributed by atoms with van der Waals surface area (Å²) in [4.78, 5) is 12.1. The molecule has 1 N–H and O–H groups in total. The van der Waals surface area contributed by atoms with E-state index >= 15 is 0 Å². The van der Waals surface area contributed by atoms with Crippen LogP contribution in [0.25, 0.3) is 11.3 Å². The van der Waals surface area contributed by atoms with Crippen molar-refractivity contribution in [2.45, 2.75) is 0 Å². The molecule has 3 rings (SSSR count). The summed E-state index contributed by atoms with van der Waals surface area (Å²) < 4.78 is 23.7. The van der Waals surface area contributed by atoms with Crippen LogP contribution in [0, 0.1) is 5.82 Å². The Morgan fingerprint density at radius 3 is 2.64 bits per heavy atom. The van der Waals surface area contributed by atoms with Crippen molar-refractivity contribution < 1.29 is 18.3 Å². The molecule has 0 radical (unpaired) electrons. The molecule has 0 saturated heterocycles. The van der Waals surface area contributed by atoms with Crippen LogP contribution in [0.2, 0.25) is 0 Å². The Hall–Kier alpha value is -3.41. The Morgan fingerprint density at radius 2 is 1.88 bits per heavy atom. The number of nitrogens with zero attached hydrogens (tertiary/aromatic N) is 1. The van der Waals surface area contributed by atoms with Crippen LogP contribution in [-0.4, -0.2) is 19.2 Å². The van der Waals surface area contributed by atoms with Crippen molar-refractivity contribution in [1.29, 1.82) is 0 Å². The number of hydrogen-bond donors (Lipinski definition) is 1. The normalized spacial score (nSPS) is 10.8. The summed E-state index contributed by atoms with van der Waals surface area (Å²) in [5.74, 6) is 0.805. The zero-order valence-corrected chi connectivity index (χ0v) is 13.4. The Bertz CT molecular complexity index is 901. The lowest BCUT2D eigenvalue weighted by Crippen LogP contribution is -2.18. The number of methoxy groups -OCH3 is 1. The molecule has 0 fully saturated rings. The fourth-order valence-electron chi connectivity index (χ4n) is 2.24. The summed E-state index contributed by atoms with van der Waals surface area (Å²) >= 11 is 0. The molecule has 0 bridgehead atoms. The van der Waals surface area contributed by atoms with Gasteiger partial charge in [-0.05, 0) is 48.5 Å². The second-order valence-electron chi connectivity index (χ2n) is 5.11. The first-order chi connectivity index (χ1) is 12.2. The molecule has 6 heteroatoms. The summed E-state index contributed by atoms with van der Waals surface area (Å²) in [6, 6.07) is 16.3. The maximum absolute atomic E-state index is 12.9. The topological polar surface area (TPSA) is 63.8 Å². The highest BCUT2D eigenvalue weighted by Crippen LogP contribution is 2.21. The molecule has 3 aromatic rings. The molecule has 126 valence electrons. The largest absolute Gasteiger partial charge is 0.496 e. The van der Waals surface area contributed by atoms with E-state index in [0.29, 0.717) is 22.8 Å². The standard InChI is InChI=1S/C19H15FN2O3/c1-24-18-5-3-2-4-16(18)19(23)22-21-12-15-10-11-17(25-15)13-6-8-14(20)9-7-13/h2-12H,1H3,(H,22,23). The van der Waals surface area contributed by atoms with E-state index in [1.807, 2.05) is 0 Å². The Labute approximate surface area is 143 Å². The molecule has 25 heavy (non-hydrogen) atoms. The van der Waals surface area contributed by atoms with Gasteiger partial charge in [-0.3, -0.25) is 4.79 Å². The van der Waals surface area contributed by atoms with E-state index in [9.17, 15) is 9.18 Å². The van der Waals surface area contributed by atoms with Gasteiger partial charge in [-0.25, -0.2) is 9.82 Å². The van der Waals surface area contributed by atoms with Crippen molar-refractivity contribution in [3.8, 4) is 17.1 Å². The zero-order valence-electron chi connectivity index (χ0n) is 13.4. The van der Waals surface area contributed by atoms with Gasteiger partial charge in [0.05, 0.1) is 18.9 Å². The molecule has 0 aliphatic rings. The minimum atomic E-state index is -0.390. The van der Waals surface area contributed by atoms with Crippen molar-refractivity contribution in [3.05, 3.63) is 77.8 Å². The Kier molecular flexibility index (Phi) is 4.89. The van der Waals surface area contributed by atoms with Gasteiger partial charge in [0.25, 0.3) is 5.91 Å². The van der Waals surface area contributed by atoms with Crippen molar-refractivity contribution >= 4 is 12.1 Å². The van der Waals surface area contributed by atoms with Crippen molar-refractivity contribution in [1.82, 2.24) is 5.43 Å². The van der Waals surface area contributed by atoms with E-state index < -0.39 is 0 Å². The highest BCUT2D eigenvalue weighted by atomic mass is 19.1. The number of amides is 1. The van der Waals surface area contributed by atoms with Crippen molar-refractivity contribution in [2.75, 3.05) is 7.11 Å². The van der Waals surface area contributed by atoms with Crippen LogP contribution in [0.3, 0.4) is 0 Å². The first-order valence-electron chi connectivity index (χ1n) is 7.49. The minimum absolute atomic E-state index is 0.309. The number of hydrazone groups is 1. The number of halogens is 1. The number of carbonyl (C=O) groups excluding carboxylic acids is 1. The van der Waals surface area contributed by atoms with Gasteiger partial charge in [-0.2, -0.15) is 5.10 Å². The van der Waals surface area contributed by atoms with Crippen molar-refractivity contribution in [2.24, 2.45) is 5.10 Å². The third-order valence-corrected chi connectivity index (χ3v) is 3.47. The fourth-order valence-corrected chi connectivity index (χ4v) is 2.24. The van der Waals surface area contributed by atoms with Gasteiger partial charge in [-0.1, -0.05) is 12.1 Å². The molecule has 2 aromatic carbocycles. The summed E-state index contributed by atoms with van der Waals surface area (Å²) in [6.45, 7) is 0. The Morgan fingerprint density at radius 1 is 1.12 bits per heavy atom. The Balaban J connectivity index is 1.67. The molecule has 1 heterocycles. The SMILES string of the molecule is COc1ccccc1C(=O)NN=Cc1ccc(-c2ccc(F)cc2)o1. The first kappa shape index (κ1) is 16.4. The third kappa shape index (κ3) is 3.92. The number of hydrogen-bond acceptors (Lipinski definition) is 4. The van der Waals surface area contributed by atoms with Crippen LogP contribution in [0.4, 0.5) is 4.39 Å². The molecule has 1 amide bonds. The second-order valence-corrected chi connectivity index (χ2v) is 5.11. The molecule has 0 unspecified atom stereocenters. The molecule has 0 saturated carbocycles. The van der Waals surface area contributed by atoms with E-state index in [0.717, 1.165) is 5.56 Å². The maximum atomic E-state index is 12.9. The lowest BCUT2D eigenvalue weighted by atomic mass is 10.2. The number of benzene rings is 2. The molecule has 0 atom stereocenters. The summed E-state index contributed by atoms with van der Waals surface area (Å²) in [5.41, 5.74) is 3.55. The van der Waals surface area contributed by atoms with Gasteiger partial charge in [0.15, 0.2) is 0 Å². The van der Waals surface area contributed by atoms with Gasteiger partial charge in [0, 0.05) is 5.56 Å². The average molecular weight is 338 g/mol. The number of rotatable bonds is 5. The summed E-state index contributed by atoms with van der Waals surface area (Å²) in [7, 11) is 1.50. The lowest BCUT2D eigenvalue weighted by molar-refractivity contribution is 0.0952. The van der Waals surface area contributed by atoms with Gasteiger partial charge < -0.3 is 9.15 Å². The second kappa shape index (κ2) is 7.44. The average Bonchev–Trinajstić information content (AvgIpc) is 3.11. The highest BCUT2D eigenvalue weighted by molar-refractivity contribution is 5.97. The van der Waals surface area contributed by atoms with Crippen LogP contribution < -0.4 is 10.2 Å². The predicted molar refractivity (Wildman–Crippen MR) is 92.2 cm³/mol. The van der Waals surface area contributed by atoms with Gasteiger partial charge in [-0.15, -0.1) is 0 Å². The molecular formula is C19H15FN2O3. The monoisotopic (exact) mass is 338 g/mol. The quantitative estimate of drug-likeness (QED) is 0.567. The number of para-hydroxylation sites is 1. The number of ether oxygens (including phenoxy) is 1. The van der Waals surface area contributed by atoms with Crippen molar-refractivity contribution in [3.63, 3.8) is 0 Å². The van der Waals surface area contributed by atoms with Gasteiger partial charge >= 0.3 is 0 Å². The number of nitrogens with one attached hydrogen (secondary N) is 1. The van der Waals surface area contributed by atoms with Crippen LogP contribution in [-0.2, 0) is 0 Å². The third-order valence-electron chi connectivity index (χ3n) is 3.47. The maximum Gasteiger partial charge on any atom is 0.275 e. The predicted octanol–water partition coefficient (Wildman–Crippen LogP) is 3.86. The van der Waals surface area contributed by atoms with Crippen LogP contribution in [0.5, 0.6) is 5.75 Å². The minimum Gasteiger partial charge on any atom is -0.496 e. The van der Waals surface area contributed by atoms with Crippen LogP contribution >= 0.6 is 0 Å². The van der Waals surface area contributed by atoms with E-state index in [4.69, 9.17) is 9.15 Å². The smallest absolute Gasteiger partial charge is 0.275 e. The summed E-state index contributed by atoms with van der Waals surface area (Å²) in [6.07, 6.45) is 1.39. The highest BCUT2D eigenvalue weighted by Gasteiger charge is 2.10.